The zero-order chi connectivity index (χ0) is 66.0. The van der Waals surface area contributed by atoms with E-state index in [0.29, 0.717) is 70.4 Å². The summed E-state index contributed by atoms with van der Waals surface area (Å²) in [6.07, 6.45) is 5.85. The molecule has 0 spiro atoms. The Hall–Kier alpha value is -3.74. The third-order valence-electron chi connectivity index (χ3n) is 17.0. The number of halogens is 6. The van der Waals surface area contributed by atoms with Crippen molar-refractivity contribution in [3.63, 3.8) is 0 Å². The van der Waals surface area contributed by atoms with E-state index in [1.54, 1.807) is 36.4 Å². The van der Waals surface area contributed by atoms with Crippen molar-refractivity contribution < 1.29 is 54.8 Å². The molecule has 0 saturated carbocycles. The average molecular weight is 1470 g/mol. The van der Waals surface area contributed by atoms with E-state index in [4.69, 9.17) is 86.3 Å². The molecule has 8 atom stereocenters. The van der Waals surface area contributed by atoms with Gasteiger partial charge in [0.1, 0.15) is 23.7 Å². The lowest BCUT2D eigenvalue weighted by molar-refractivity contribution is 0.0381. The number of amides is 4. The van der Waals surface area contributed by atoms with E-state index in [1.165, 1.54) is 24.3 Å². The second-order valence-corrected chi connectivity index (χ2v) is 29.8. The number of nitrogens with zero attached hydrogens (tertiary/aromatic N) is 2. The smallest absolute Gasteiger partial charge is 0.314 e. The summed E-state index contributed by atoms with van der Waals surface area (Å²) in [5.74, 6) is 0.886. The van der Waals surface area contributed by atoms with Crippen LogP contribution < -0.4 is 51.7 Å². The number of nitrogens with two attached hydrogens (primary N) is 2. The Balaban J connectivity index is 0.00000700. The number of hydrogen-bond acceptors (Lipinski definition) is 16. The van der Waals surface area contributed by atoms with Gasteiger partial charge in [-0.3, -0.25) is 9.80 Å². The number of fused-ring (bicyclic) bond motifs is 2. The van der Waals surface area contributed by atoms with Gasteiger partial charge in [0.25, 0.3) is 0 Å². The molecule has 4 amide bonds. The fourth-order valence-corrected chi connectivity index (χ4v) is 15.8. The minimum Gasteiger partial charge on any atom is -0.484 e. The fraction of sp³-hybridized carbons (Fsp3) is 0.594. The highest BCUT2D eigenvalue weighted by Gasteiger charge is 2.43. The Bertz CT molecular complexity index is 3050. The summed E-state index contributed by atoms with van der Waals surface area (Å²) in [4.78, 5) is 29.5. The molecule has 4 aromatic carbocycles. The highest BCUT2D eigenvalue weighted by atomic mass is 35.5. The highest BCUT2D eigenvalue weighted by molar-refractivity contribution is 7.89. The van der Waals surface area contributed by atoms with Crippen LogP contribution in [0, 0.1) is 11.8 Å². The molecule has 0 bridgehead atoms. The minimum absolute atomic E-state index is 0. The van der Waals surface area contributed by atoms with Crippen LogP contribution in [-0.4, -0.2) is 180 Å². The second kappa shape index (κ2) is 38.6. The summed E-state index contributed by atoms with van der Waals surface area (Å²) in [7, 11) is -7.82. The van der Waals surface area contributed by atoms with E-state index < -0.39 is 32.1 Å². The molecular weight excluding hydrogens is 1380 g/mol. The third kappa shape index (κ3) is 23.5. The van der Waals surface area contributed by atoms with Gasteiger partial charge < -0.3 is 61.2 Å². The first-order valence-electron chi connectivity index (χ1n) is 31.9. The summed E-state index contributed by atoms with van der Waals surface area (Å²) in [6.45, 7) is 14.0. The second-order valence-electron chi connectivity index (χ2n) is 24.7. The zero-order valence-electron chi connectivity index (χ0n) is 53.8. The molecule has 94 heavy (non-hydrogen) atoms. The van der Waals surface area contributed by atoms with E-state index in [9.17, 15) is 26.4 Å². The number of ether oxygens (including phenoxy) is 6. The molecule has 2 aliphatic carbocycles. The number of rotatable bonds is 35. The van der Waals surface area contributed by atoms with Crippen molar-refractivity contribution in [2.45, 2.75) is 137 Å². The topological polar surface area (TPSA) is 288 Å². The van der Waals surface area contributed by atoms with Crippen LogP contribution in [0.3, 0.4) is 0 Å². The number of benzene rings is 4. The van der Waals surface area contributed by atoms with Gasteiger partial charge in [-0.1, -0.05) is 74.1 Å². The van der Waals surface area contributed by atoms with Gasteiger partial charge in [-0.15, -0.1) is 24.8 Å². The molecule has 2 fully saturated rings. The van der Waals surface area contributed by atoms with Crippen molar-refractivity contribution in [3.05, 3.63) is 115 Å². The molecule has 0 aromatic heterocycles. The summed E-state index contributed by atoms with van der Waals surface area (Å²) >= 11 is 26.2. The van der Waals surface area contributed by atoms with Gasteiger partial charge in [-0.25, -0.2) is 35.9 Å². The number of piperidine rings is 2. The largest absolute Gasteiger partial charge is 0.484 e. The molecule has 30 heteroatoms. The molecule has 0 unspecified atom stereocenters. The molecule has 10 N–H and O–H groups in total. The summed E-state index contributed by atoms with van der Waals surface area (Å²) < 4.78 is 95.9. The van der Waals surface area contributed by atoms with Gasteiger partial charge in [0.15, 0.2) is 0 Å². The predicted molar refractivity (Wildman–Crippen MR) is 373 cm³/mol. The van der Waals surface area contributed by atoms with E-state index in [-0.39, 0.29) is 161 Å². The SMILES string of the molecule is CC(C)[C@@H](COCCOCCNC(=O)NCCCCNC(=O)NCCOCCOC[C@@H](NS(=O)(=O)c1ccc(O[C@H]2c3cc(Cl)cc(Cl)c3C[C@@H]2N2CCC[C@@H](N)C2)cc1)C(C)C)NS(=O)(=O)c1ccc(O[C@H]2c3cc(Cl)cc(Cl)c3C[C@@H]2N2CCC[C@@H](N)C2)cc1.Cl.Cl. The molecule has 4 aliphatic rings. The molecule has 22 nitrogen and oxygen atoms in total. The molecule has 8 rings (SSSR count). The highest BCUT2D eigenvalue weighted by Crippen LogP contribution is 2.45. The molecule has 2 saturated heterocycles. The maximum atomic E-state index is 13.6. The lowest BCUT2D eigenvalue weighted by Crippen LogP contribution is -2.49. The molecule has 2 aliphatic heterocycles. The van der Waals surface area contributed by atoms with E-state index in [0.717, 1.165) is 74.1 Å². The van der Waals surface area contributed by atoms with Crippen molar-refractivity contribution in [3.8, 4) is 11.5 Å². The van der Waals surface area contributed by atoms with Crippen LogP contribution in [0.5, 0.6) is 11.5 Å². The van der Waals surface area contributed by atoms with E-state index in [1.807, 2.05) is 39.8 Å². The summed E-state index contributed by atoms with van der Waals surface area (Å²) in [6, 6.07) is 18.5. The molecule has 2 heterocycles. The number of carbonyl (C=O) groups excluding carboxylic acids is 2. The third-order valence-corrected chi connectivity index (χ3v) is 21.2. The van der Waals surface area contributed by atoms with Crippen LogP contribution in [0.2, 0.25) is 20.1 Å². The zero-order valence-corrected chi connectivity index (χ0v) is 60.1. The van der Waals surface area contributed by atoms with Crippen LogP contribution in [-0.2, 0) is 51.8 Å². The first-order chi connectivity index (χ1) is 44.0. The monoisotopic (exact) mass is 1470 g/mol. The van der Waals surface area contributed by atoms with Crippen LogP contribution in [0.25, 0.3) is 0 Å². The van der Waals surface area contributed by atoms with Crippen molar-refractivity contribution in [2.24, 2.45) is 23.3 Å². The Morgan fingerprint density at radius 2 is 0.894 bits per heavy atom. The average Bonchev–Trinajstić information content (AvgIpc) is 1.62. The quantitative estimate of drug-likeness (QED) is 0.0200. The predicted octanol–water partition coefficient (Wildman–Crippen LogP) is 8.83. The fourth-order valence-electron chi connectivity index (χ4n) is 11.9. The number of likely N-dealkylation sites (tertiary alicyclic amines) is 2. The maximum absolute atomic E-state index is 13.6. The van der Waals surface area contributed by atoms with Crippen molar-refractivity contribution in [1.82, 2.24) is 40.5 Å². The van der Waals surface area contributed by atoms with Gasteiger partial charge in [-0.05, 0) is 160 Å². The number of sulfonamides is 2. The minimum atomic E-state index is -3.91. The van der Waals surface area contributed by atoms with E-state index in [2.05, 4.69) is 40.5 Å². The van der Waals surface area contributed by atoms with Gasteiger partial charge in [0.05, 0.1) is 74.7 Å². The van der Waals surface area contributed by atoms with Gasteiger partial charge in [0.2, 0.25) is 20.0 Å². The van der Waals surface area contributed by atoms with Crippen molar-refractivity contribution >= 4 is 103 Å². The Morgan fingerprint density at radius 1 is 0.532 bits per heavy atom. The van der Waals surface area contributed by atoms with Crippen LogP contribution in [0.1, 0.15) is 101 Å². The van der Waals surface area contributed by atoms with Crippen molar-refractivity contribution in [1.29, 1.82) is 0 Å². The van der Waals surface area contributed by atoms with Crippen molar-refractivity contribution in [2.75, 3.05) is 105 Å². The standard InChI is InChI=1S/C64H92Cl4N10O12S2.2ClH/c1-41(2)57(75-91(81,82)49-15-11-47(12-16-49)89-61-53-31-43(65)33-55(67)51(53)35-59(61)77-23-7-9-45(69)37-77)39-87-29-27-85-25-21-73-63(79)71-19-5-6-20-72-64(80)74-22-26-86-28-30-88-40-58(42(3)4)76-92(83,84)50-17-13-48(14-18-50)90-62-54-32-44(66)34-56(68)52(54)36-60(62)78-24-8-10-46(70)38-78;;/h11-18,31-34,41-42,45-46,57-62,75-76H,5-10,19-30,35-40,69-70H2,1-4H3,(H2,71,73,79)(H2,72,74,80);2*1H/t45-,46-,57-,58-,59+,60+,61+,62+;;/m1../s1. The van der Waals surface area contributed by atoms with Crippen LogP contribution >= 0.6 is 71.2 Å². The first-order valence-corrected chi connectivity index (χ1v) is 36.4. The molecule has 0 radical (unpaired) electrons. The number of carbonyl (C=O) groups is 2. The van der Waals surface area contributed by atoms with Gasteiger partial charge in [0, 0.05) is 94.7 Å². The molecule has 526 valence electrons. The normalized spacial score (nSPS) is 20.6. The lowest BCUT2D eigenvalue weighted by atomic mass is 10.0. The van der Waals surface area contributed by atoms with E-state index >= 15 is 0 Å². The Labute approximate surface area is 587 Å². The Kier molecular flexibility index (Phi) is 32.5. The number of hydrogen-bond donors (Lipinski definition) is 8. The number of unbranched alkanes of at least 4 members (excludes halogenated alkanes) is 1. The number of urea groups is 2. The Morgan fingerprint density at radius 3 is 1.26 bits per heavy atom. The van der Waals surface area contributed by atoms with Crippen LogP contribution in [0.15, 0.2) is 82.6 Å². The first kappa shape index (κ1) is 79.2. The molecule has 4 aromatic rings. The maximum Gasteiger partial charge on any atom is 0.314 e. The van der Waals surface area contributed by atoms with Gasteiger partial charge in [-0.2, -0.15) is 0 Å². The molecular formula is C64H94Cl6N10O12S2. The number of nitrogens with one attached hydrogen (secondary N) is 6. The summed E-state index contributed by atoms with van der Waals surface area (Å²) in [5, 5.41) is 13.3. The lowest BCUT2D eigenvalue weighted by Gasteiger charge is -2.38. The summed E-state index contributed by atoms with van der Waals surface area (Å²) in [5.41, 5.74) is 16.6. The van der Waals surface area contributed by atoms with Crippen LogP contribution in [0.4, 0.5) is 9.59 Å². The van der Waals surface area contributed by atoms with Gasteiger partial charge >= 0.3 is 12.1 Å².